The van der Waals surface area contributed by atoms with E-state index in [0.717, 1.165) is 28.9 Å². The average molecular weight is 554 g/mol. The van der Waals surface area contributed by atoms with Crippen LogP contribution in [0.2, 0.25) is 0 Å². The van der Waals surface area contributed by atoms with Crippen LogP contribution in [-0.2, 0) is 11.7 Å². The summed E-state index contributed by atoms with van der Waals surface area (Å²) >= 11 is 0. The topological polar surface area (TPSA) is 120 Å². The lowest BCUT2D eigenvalue weighted by molar-refractivity contribution is -0.143. The third-order valence-electron chi connectivity index (χ3n) is 7.82. The van der Waals surface area contributed by atoms with E-state index < -0.39 is 34.7 Å². The average Bonchev–Trinajstić information content (AvgIpc) is 3.60. The number of carbonyl (C=O) groups is 1. The molecule has 6 heterocycles. The van der Waals surface area contributed by atoms with Gasteiger partial charge in [0.25, 0.3) is 5.91 Å². The summed E-state index contributed by atoms with van der Waals surface area (Å²) in [5.41, 5.74) is -0.477. The van der Waals surface area contributed by atoms with Crippen molar-refractivity contribution >= 4 is 16.9 Å². The molecule has 2 aliphatic rings. The number of pyridine rings is 1. The summed E-state index contributed by atoms with van der Waals surface area (Å²) < 4.78 is 55.6. The fourth-order valence-electron chi connectivity index (χ4n) is 5.72. The number of halogens is 4. The molecule has 2 saturated heterocycles. The van der Waals surface area contributed by atoms with Crippen molar-refractivity contribution in [2.45, 2.75) is 37.0 Å². The molecule has 1 N–H and O–H groups in total. The molecule has 0 unspecified atom stereocenters. The van der Waals surface area contributed by atoms with Crippen LogP contribution in [0.15, 0.2) is 43.2 Å². The highest BCUT2D eigenvalue weighted by atomic mass is 19.4. The third-order valence-corrected chi connectivity index (χ3v) is 7.82. The highest BCUT2D eigenvalue weighted by Gasteiger charge is 2.47. The van der Waals surface area contributed by atoms with Crippen LogP contribution in [0, 0.1) is 17.1 Å². The Morgan fingerprint density at radius 1 is 1.18 bits per heavy atom. The zero-order valence-corrected chi connectivity index (χ0v) is 21.1. The molecule has 1 amide bonds. The van der Waals surface area contributed by atoms with Crippen molar-refractivity contribution in [2.75, 3.05) is 26.2 Å². The molecule has 0 aromatic carbocycles. The maximum atomic E-state index is 14.5. The van der Waals surface area contributed by atoms with Gasteiger partial charge in [0.15, 0.2) is 17.2 Å². The second kappa shape index (κ2) is 9.67. The van der Waals surface area contributed by atoms with E-state index in [1.807, 2.05) is 18.5 Å². The van der Waals surface area contributed by atoms with Crippen LogP contribution in [0.3, 0.4) is 0 Å². The number of likely N-dealkylation sites (tertiary alicyclic amines) is 2. The van der Waals surface area contributed by atoms with Gasteiger partial charge in [-0.3, -0.25) is 14.8 Å². The van der Waals surface area contributed by atoms with Gasteiger partial charge in [-0.2, -0.15) is 23.5 Å². The minimum Gasteiger partial charge on any atom is -0.344 e. The lowest BCUT2D eigenvalue weighted by atomic mass is 9.83. The Morgan fingerprint density at radius 2 is 1.95 bits per heavy atom. The molecule has 4 aromatic rings. The van der Waals surface area contributed by atoms with Crippen molar-refractivity contribution in [3.63, 3.8) is 0 Å². The summed E-state index contributed by atoms with van der Waals surface area (Å²) in [5.74, 6) is -2.42. The summed E-state index contributed by atoms with van der Waals surface area (Å²) in [6, 6.07) is 5.37. The number of alkyl halides is 3. The summed E-state index contributed by atoms with van der Waals surface area (Å²) in [4.78, 5) is 28.1. The van der Waals surface area contributed by atoms with Crippen LogP contribution in [0.4, 0.5) is 17.6 Å². The first-order valence-corrected chi connectivity index (χ1v) is 12.6. The molecule has 0 radical (unpaired) electrons. The Morgan fingerprint density at radius 3 is 2.67 bits per heavy atom. The van der Waals surface area contributed by atoms with Crippen LogP contribution in [0.1, 0.15) is 35.3 Å². The molecule has 206 valence electrons. The van der Waals surface area contributed by atoms with E-state index in [-0.39, 0.29) is 19.1 Å². The van der Waals surface area contributed by atoms with E-state index in [2.05, 4.69) is 40.7 Å². The Labute approximate surface area is 225 Å². The number of piperidine rings is 1. The summed E-state index contributed by atoms with van der Waals surface area (Å²) in [6.07, 6.45) is 4.36. The largest absolute Gasteiger partial charge is 0.436 e. The van der Waals surface area contributed by atoms with Crippen molar-refractivity contribution in [3.8, 4) is 17.3 Å². The number of carbonyl (C=O) groups excluding carboxylic acids is 1. The number of hydrogen-bond donors (Lipinski definition) is 1. The number of H-pyrrole nitrogens is 1. The standard InChI is InChI=1S/C26H23F4N9O/c27-20-18(1-7-32-22(20)26(28,29)30)24(40)37-8-3-17(4-9-37)38-13-25(14-38,5-6-31)39-10-2-16(12-39)21-19-11-35-36-23(19)34-15-33-21/h1-2,7,10-12,15,17H,3-5,8-9,13-14H2,(H,33,34,35,36). The summed E-state index contributed by atoms with van der Waals surface area (Å²) in [6.45, 7) is 1.84. The lowest BCUT2D eigenvalue weighted by Crippen LogP contribution is -2.66. The second-order valence-corrected chi connectivity index (χ2v) is 10.2. The molecule has 14 heteroatoms. The van der Waals surface area contributed by atoms with Gasteiger partial charge in [0.1, 0.15) is 6.33 Å². The molecule has 6 rings (SSSR count). The molecule has 2 aliphatic heterocycles. The number of amides is 1. The molecule has 4 aromatic heterocycles. The van der Waals surface area contributed by atoms with E-state index in [1.165, 1.54) is 11.2 Å². The predicted octanol–water partition coefficient (Wildman–Crippen LogP) is 3.60. The van der Waals surface area contributed by atoms with Crippen molar-refractivity contribution < 1.29 is 22.4 Å². The number of aromatic nitrogens is 6. The minimum absolute atomic E-state index is 0.131. The Kier molecular flexibility index (Phi) is 6.25. The molecule has 40 heavy (non-hydrogen) atoms. The zero-order valence-electron chi connectivity index (χ0n) is 21.1. The number of nitrogens with one attached hydrogen (secondary N) is 1. The fraction of sp³-hybridized carbons (Fsp3) is 0.385. The number of hydrogen-bond acceptors (Lipinski definition) is 7. The SMILES string of the molecule is N#CCC1(n2ccc(-c3ncnc4[nH]ncc34)c2)CN(C2CCN(C(=O)c3ccnc(C(F)(F)F)c3F)CC2)C1. The van der Waals surface area contributed by atoms with Crippen LogP contribution in [-0.4, -0.2) is 77.6 Å². The molecule has 0 atom stereocenters. The molecule has 0 saturated carbocycles. The van der Waals surface area contributed by atoms with Crippen molar-refractivity contribution in [3.05, 3.63) is 60.3 Å². The maximum absolute atomic E-state index is 14.5. The van der Waals surface area contributed by atoms with Gasteiger partial charge in [-0.15, -0.1) is 0 Å². The summed E-state index contributed by atoms with van der Waals surface area (Å²) in [7, 11) is 0. The number of aromatic amines is 1. The van der Waals surface area contributed by atoms with E-state index in [4.69, 9.17) is 0 Å². The zero-order chi connectivity index (χ0) is 28.1. The highest BCUT2D eigenvalue weighted by Crippen LogP contribution is 2.38. The Hall–Kier alpha value is -4.38. The van der Waals surface area contributed by atoms with Crippen LogP contribution in [0.5, 0.6) is 0 Å². The van der Waals surface area contributed by atoms with E-state index >= 15 is 0 Å². The molecule has 0 aliphatic carbocycles. The van der Waals surface area contributed by atoms with Crippen LogP contribution in [0.25, 0.3) is 22.3 Å². The summed E-state index contributed by atoms with van der Waals surface area (Å²) in [5, 5.41) is 17.3. The van der Waals surface area contributed by atoms with Gasteiger partial charge in [-0.1, -0.05) is 0 Å². The fourth-order valence-corrected chi connectivity index (χ4v) is 5.72. The van der Waals surface area contributed by atoms with Crippen LogP contribution < -0.4 is 0 Å². The Bertz CT molecular complexity index is 1610. The Balaban J connectivity index is 1.12. The van der Waals surface area contributed by atoms with Gasteiger partial charge >= 0.3 is 6.18 Å². The van der Waals surface area contributed by atoms with Gasteiger partial charge in [0.05, 0.1) is 40.9 Å². The molecular weight excluding hydrogens is 530 g/mol. The normalized spacial score (nSPS) is 18.0. The minimum atomic E-state index is -4.98. The first-order valence-electron chi connectivity index (χ1n) is 12.6. The smallest absolute Gasteiger partial charge is 0.344 e. The van der Waals surface area contributed by atoms with E-state index in [1.54, 1.807) is 6.20 Å². The monoisotopic (exact) mass is 553 g/mol. The second-order valence-electron chi connectivity index (χ2n) is 10.2. The van der Waals surface area contributed by atoms with Gasteiger partial charge < -0.3 is 9.47 Å². The van der Waals surface area contributed by atoms with Gasteiger partial charge in [-0.25, -0.2) is 19.3 Å². The number of nitriles is 1. The molecule has 2 fully saturated rings. The van der Waals surface area contributed by atoms with Crippen molar-refractivity contribution in [1.82, 2.24) is 39.5 Å². The van der Waals surface area contributed by atoms with E-state index in [9.17, 15) is 27.6 Å². The van der Waals surface area contributed by atoms with Crippen molar-refractivity contribution in [2.24, 2.45) is 0 Å². The first kappa shape index (κ1) is 25.9. The lowest BCUT2D eigenvalue weighted by Gasteiger charge is -2.54. The number of fused-ring (bicyclic) bond motifs is 1. The molecular formula is C26H23F4N9O. The quantitative estimate of drug-likeness (QED) is 0.375. The van der Waals surface area contributed by atoms with Gasteiger partial charge in [-0.05, 0) is 25.0 Å². The first-order chi connectivity index (χ1) is 19.2. The molecule has 0 bridgehead atoms. The van der Waals surface area contributed by atoms with Crippen LogP contribution >= 0.6 is 0 Å². The van der Waals surface area contributed by atoms with Gasteiger partial charge in [0.2, 0.25) is 0 Å². The van der Waals surface area contributed by atoms with Gasteiger partial charge in [0, 0.05) is 56.4 Å². The third kappa shape index (κ3) is 4.36. The number of nitrogens with zero attached hydrogens (tertiary/aromatic N) is 8. The number of rotatable bonds is 5. The van der Waals surface area contributed by atoms with E-state index in [0.29, 0.717) is 38.0 Å². The maximum Gasteiger partial charge on any atom is 0.436 e. The molecule has 10 nitrogen and oxygen atoms in total. The van der Waals surface area contributed by atoms with Crippen molar-refractivity contribution in [1.29, 1.82) is 5.26 Å². The highest BCUT2D eigenvalue weighted by molar-refractivity contribution is 5.94. The predicted molar refractivity (Wildman–Crippen MR) is 133 cm³/mol. The molecule has 0 spiro atoms.